The van der Waals surface area contributed by atoms with E-state index in [0.29, 0.717) is 24.7 Å². The van der Waals surface area contributed by atoms with Gasteiger partial charge in [0, 0.05) is 64.1 Å². The summed E-state index contributed by atoms with van der Waals surface area (Å²) in [6, 6.07) is 35.2. The zero-order chi connectivity index (χ0) is 46.2. The number of nitrogens with zero attached hydrogens (tertiary/aromatic N) is 14. The number of aromatic nitrogens is 6. The summed E-state index contributed by atoms with van der Waals surface area (Å²) in [7, 11) is -9.89. The summed E-state index contributed by atoms with van der Waals surface area (Å²) in [6.07, 6.45) is 7.25. The Balaban J connectivity index is 0. The summed E-state index contributed by atoms with van der Waals surface area (Å²) < 4.78 is 67.9. The van der Waals surface area contributed by atoms with Crippen LogP contribution in [0.15, 0.2) is 134 Å². The fourth-order valence-electron chi connectivity index (χ4n) is 4.85. The fraction of sp³-hybridized carbons (Fsp3) is 0.167. The van der Waals surface area contributed by atoms with Crippen LogP contribution in [0.5, 0.6) is 0 Å². The predicted molar refractivity (Wildman–Crippen MR) is 200 cm³/mol. The summed E-state index contributed by atoms with van der Waals surface area (Å²) in [6.45, 7) is 4.31. The fourth-order valence-corrected chi connectivity index (χ4v) is 4.85. The summed E-state index contributed by atoms with van der Waals surface area (Å²) in [5, 5.41) is 0. The second-order valence-electron chi connectivity index (χ2n) is 11.6. The van der Waals surface area contributed by atoms with Crippen molar-refractivity contribution < 1.29 is 91.9 Å². The molecule has 0 bridgehead atoms. The van der Waals surface area contributed by atoms with Crippen molar-refractivity contribution in [1.82, 2.24) is 39.7 Å². The van der Waals surface area contributed by atoms with Crippen molar-refractivity contribution >= 4 is 11.6 Å². The third-order valence-electron chi connectivity index (χ3n) is 6.87. The maximum atomic E-state index is 8.49. The minimum absolute atomic E-state index is 0. The molecule has 0 unspecified atom stereocenters. The zero-order valence-electron chi connectivity index (χ0n) is 33.0. The molecule has 6 rings (SSSR count). The van der Waals surface area contributed by atoms with Crippen molar-refractivity contribution in [3.05, 3.63) is 200 Å². The normalized spacial score (nSPS) is 9.91. The summed E-state index contributed by atoms with van der Waals surface area (Å²) >= 11 is 0. The number of rotatable bonds is 12. The van der Waals surface area contributed by atoms with E-state index >= 15 is 0 Å². The molecule has 0 aromatic carbocycles. The number of anilines is 2. The molecule has 0 atom stereocenters. The van der Waals surface area contributed by atoms with Crippen LogP contribution in [0.4, 0.5) is 11.6 Å². The average Bonchev–Trinajstić information content (AvgIpc) is 3.19. The minimum Gasteiger partial charge on any atom is -0.384 e. The van der Waals surface area contributed by atoms with E-state index in [1.807, 2.05) is 122 Å². The second kappa shape index (κ2) is 34.8. The molecule has 0 saturated heterocycles. The minimum atomic E-state index is -4.94. The van der Waals surface area contributed by atoms with Crippen LogP contribution in [0.2, 0.25) is 0 Å². The van der Waals surface area contributed by atoms with Crippen molar-refractivity contribution in [2.45, 2.75) is 39.3 Å². The van der Waals surface area contributed by atoms with E-state index in [-0.39, 0.29) is 34.1 Å². The Morgan fingerprint density at radius 3 is 0.781 bits per heavy atom. The molecule has 24 nitrogen and oxygen atoms in total. The quantitative estimate of drug-likeness (QED) is 0.0555. The van der Waals surface area contributed by atoms with Gasteiger partial charge in [0.15, 0.2) is 0 Å². The van der Waals surface area contributed by atoms with E-state index in [9.17, 15) is 0 Å². The first-order valence-electron chi connectivity index (χ1n) is 17.1. The number of nitrogen functional groups attached to an aromatic ring is 2. The van der Waals surface area contributed by atoms with E-state index < -0.39 is 20.5 Å². The molecule has 6 heterocycles. The Bertz CT molecular complexity index is 1920. The Kier molecular flexibility index (Phi) is 32.8. The van der Waals surface area contributed by atoms with Crippen LogP contribution in [0.25, 0.3) is 31.9 Å². The van der Waals surface area contributed by atoms with Gasteiger partial charge in [0.25, 0.3) is 0 Å². The molecule has 0 fully saturated rings. The maximum Gasteiger partial charge on any atom is 2.00 e. The third kappa shape index (κ3) is 34.9. The molecule has 0 spiro atoms. The smallest absolute Gasteiger partial charge is 0.384 e. The van der Waals surface area contributed by atoms with Crippen LogP contribution in [0.1, 0.15) is 34.2 Å². The molecular formula is C36H38Cl2Cu2N16O8. The van der Waals surface area contributed by atoms with Gasteiger partial charge in [-0.15, -0.1) is 20.5 Å². The van der Waals surface area contributed by atoms with Crippen LogP contribution in [0, 0.1) is 20.5 Å². The van der Waals surface area contributed by atoms with Crippen molar-refractivity contribution in [3.8, 4) is 0 Å². The van der Waals surface area contributed by atoms with Gasteiger partial charge in [-0.05, 0) is 72.8 Å². The van der Waals surface area contributed by atoms with Crippen molar-refractivity contribution in [2.24, 2.45) is 0 Å². The van der Waals surface area contributed by atoms with E-state index in [2.05, 4.69) is 39.7 Å². The van der Waals surface area contributed by atoms with Crippen LogP contribution in [-0.2, 0) is 73.4 Å². The maximum absolute atomic E-state index is 8.49. The van der Waals surface area contributed by atoms with Gasteiger partial charge in [0.1, 0.15) is 11.6 Å². The van der Waals surface area contributed by atoms with Crippen LogP contribution >= 0.6 is 0 Å². The molecule has 346 valence electrons. The molecule has 6 aromatic rings. The largest absolute Gasteiger partial charge is 2.00 e. The monoisotopic (exact) mass is 1020 g/mol. The molecule has 0 aliphatic heterocycles. The van der Waals surface area contributed by atoms with Gasteiger partial charge in [-0.25, -0.2) is 47.2 Å². The summed E-state index contributed by atoms with van der Waals surface area (Å²) in [5.41, 5.74) is 44.5. The molecule has 0 amide bonds. The van der Waals surface area contributed by atoms with Gasteiger partial charge >= 0.3 is 34.1 Å². The molecule has 6 aromatic heterocycles. The molecule has 0 saturated carbocycles. The summed E-state index contributed by atoms with van der Waals surface area (Å²) in [4.78, 5) is 33.9. The van der Waals surface area contributed by atoms with Gasteiger partial charge in [0.05, 0.1) is 34.2 Å². The van der Waals surface area contributed by atoms with Gasteiger partial charge < -0.3 is 33.6 Å². The van der Waals surface area contributed by atoms with Crippen LogP contribution < -0.4 is 48.7 Å². The van der Waals surface area contributed by atoms with E-state index in [4.69, 9.17) is 70.9 Å². The first kappa shape index (κ1) is 60.4. The van der Waals surface area contributed by atoms with Gasteiger partial charge in [-0.1, -0.05) is 36.4 Å². The van der Waals surface area contributed by atoms with Crippen molar-refractivity contribution in [1.29, 1.82) is 0 Å². The number of hydrogen-bond donors (Lipinski definition) is 2. The average molecular weight is 1020 g/mol. The third-order valence-corrected chi connectivity index (χ3v) is 6.87. The van der Waals surface area contributed by atoms with Crippen molar-refractivity contribution in [2.75, 3.05) is 11.5 Å². The SMILES string of the molecule is Nc1cccc(CN(Cc2ccccn2)Cc2ccccn2)n1.Nc1cccc(CN(Cc2ccccn2)Cc2ccccn2)n1.[Cu+2].[Cu+2].[N-]=[N+]=[N-].[N-]=[N+]=[N-].[O-][Cl+3]([O-])([O-])[O-].[O-][Cl+3]([O-])([O-])[O-]. The van der Waals surface area contributed by atoms with Crippen LogP contribution in [-0.4, -0.2) is 39.7 Å². The Morgan fingerprint density at radius 1 is 0.391 bits per heavy atom. The van der Waals surface area contributed by atoms with Gasteiger partial charge in [0.2, 0.25) is 0 Å². The van der Waals surface area contributed by atoms with E-state index in [0.717, 1.165) is 60.3 Å². The van der Waals surface area contributed by atoms with Crippen molar-refractivity contribution in [3.63, 3.8) is 0 Å². The molecule has 28 heteroatoms. The first-order valence-corrected chi connectivity index (χ1v) is 19.6. The Hall–Kier alpha value is -5.66. The molecule has 4 N–H and O–H groups in total. The first-order chi connectivity index (χ1) is 29.4. The number of nitrogens with two attached hydrogens (primary N) is 2. The number of hydrogen-bond acceptors (Lipinski definition) is 18. The number of pyridine rings is 6. The molecule has 64 heavy (non-hydrogen) atoms. The van der Waals surface area contributed by atoms with E-state index in [1.54, 1.807) is 12.1 Å². The Morgan fingerprint density at radius 2 is 0.594 bits per heavy atom. The second-order valence-corrected chi connectivity index (χ2v) is 13.1. The Labute approximate surface area is 392 Å². The molecule has 2 radical (unpaired) electrons. The number of halogens is 2. The summed E-state index contributed by atoms with van der Waals surface area (Å²) in [5.74, 6) is 1.08. The molecule has 0 aliphatic carbocycles. The standard InChI is InChI=1S/2C18H19N5.2ClHO4.2Cu.2N3/c2*19-18-9-5-8-17(22-18)14-23(12-15-6-1-3-10-20-15)13-16-7-2-4-11-21-16;2*2-1(3,4)5;;;2*1-3-2/h2*1-11H,12-14H2,(H2,19,22);2*(H,2,3,4,5);;;;/q;;;;2*+2;2*-1/p-2. The van der Waals surface area contributed by atoms with Gasteiger partial charge in [-0.2, -0.15) is 0 Å². The molecule has 0 aliphatic rings. The molecular weight excluding hydrogens is 982 g/mol. The zero-order valence-corrected chi connectivity index (χ0v) is 36.4. The topological polar surface area (TPSA) is 438 Å². The van der Waals surface area contributed by atoms with E-state index in [1.165, 1.54) is 9.82 Å². The predicted octanol–water partition coefficient (Wildman–Crippen LogP) is -2.47. The van der Waals surface area contributed by atoms with Crippen LogP contribution in [0.3, 0.4) is 0 Å². The van der Waals surface area contributed by atoms with Gasteiger partial charge in [-0.3, -0.25) is 39.6 Å².